The number of carbonyl (C=O) groups excluding carboxylic acids is 1. The summed E-state index contributed by atoms with van der Waals surface area (Å²) in [5.74, 6) is 1.86. The summed E-state index contributed by atoms with van der Waals surface area (Å²) in [6.45, 7) is 2.19. The number of rotatable bonds is 12. The van der Waals surface area contributed by atoms with Gasteiger partial charge >= 0.3 is 0 Å². The lowest BCUT2D eigenvalue weighted by Crippen LogP contribution is -2.47. The average molecular weight is 437 g/mol. The van der Waals surface area contributed by atoms with Crippen molar-refractivity contribution in [2.45, 2.75) is 108 Å². The van der Waals surface area contributed by atoms with Crippen molar-refractivity contribution in [3.05, 3.63) is 17.5 Å². The Morgan fingerprint density at radius 2 is 1.73 bits per heavy atom. The fraction of sp³-hybridized carbons (Fsp3) is 0.826. The van der Waals surface area contributed by atoms with Gasteiger partial charge in [-0.1, -0.05) is 44.2 Å². The average Bonchev–Trinajstić information content (AvgIpc) is 3.36. The number of carbonyl (C=O) groups is 1. The van der Waals surface area contributed by atoms with Crippen LogP contribution in [0.4, 0.5) is 0 Å². The Morgan fingerprint density at radius 3 is 2.40 bits per heavy atom. The highest BCUT2D eigenvalue weighted by molar-refractivity contribution is 7.89. The number of hydrogen-bond acceptors (Lipinski definition) is 5. The van der Waals surface area contributed by atoms with Crippen LogP contribution in [0.3, 0.4) is 0 Å². The molecule has 1 aliphatic carbocycles. The van der Waals surface area contributed by atoms with E-state index in [4.69, 9.17) is 4.52 Å². The lowest BCUT2D eigenvalue weighted by atomic mass is 9.87. The van der Waals surface area contributed by atoms with Gasteiger partial charge < -0.3 is 4.52 Å². The Kier molecular flexibility index (Phi) is 6.98. The first-order valence-electron chi connectivity index (χ1n) is 12.0. The van der Waals surface area contributed by atoms with Crippen molar-refractivity contribution < 1.29 is 17.7 Å². The first kappa shape index (κ1) is 22.0. The van der Waals surface area contributed by atoms with E-state index in [0.29, 0.717) is 18.0 Å². The third-order valence-corrected chi connectivity index (χ3v) is 9.15. The summed E-state index contributed by atoms with van der Waals surface area (Å²) in [6, 6.07) is 1.96. The molecule has 2 saturated heterocycles. The van der Waals surface area contributed by atoms with E-state index in [9.17, 15) is 13.2 Å². The summed E-state index contributed by atoms with van der Waals surface area (Å²) < 4.78 is 33.1. The molecule has 1 saturated carbocycles. The third kappa shape index (κ3) is 5.16. The van der Waals surface area contributed by atoms with E-state index in [-0.39, 0.29) is 29.5 Å². The van der Waals surface area contributed by atoms with Crippen molar-refractivity contribution >= 4 is 15.8 Å². The molecular weight excluding hydrogens is 400 g/mol. The van der Waals surface area contributed by atoms with Crippen LogP contribution in [0.15, 0.2) is 10.6 Å². The SMILES string of the molecule is CCCCCCCCS(=O)(=O)N1[C@@H]2CC[C@H]1CC(CC(=O)c1cc(C3CC3)on1)C2. The standard InChI is InChI=1S/C23H36N2O4S/c1-2-3-4-5-6-7-12-30(27,28)25-19-10-11-20(25)14-17(13-19)15-22(26)21-16-23(29-24-21)18-8-9-18/h16-20H,2-15H2,1H3/t17?,19-,20+. The van der Waals surface area contributed by atoms with Crippen LogP contribution >= 0.6 is 0 Å². The van der Waals surface area contributed by atoms with Gasteiger partial charge in [-0.3, -0.25) is 4.79 Å². The number of Topliss-reactive ketones (excluding diaryl/α,β-unsaturated/α-hetero) is 1. The topological polar surface area (TPSA) is 80.5 Å². The molecule has 3 heterocycles. The van der Waals surface area contributed by atoms with Gasteiger partial charge in [0.1, 0.15) is 11.5 Å². The molecule has 1 unspecified atom stereocenters. The van der Waals surface area contributed by atoms with Crippen LogP contribution in [-0.4, -0.2) is 41.5 Å². The molecule has 3 atom stereocenters. The van der Waals surface area contributed by atoms with Crippen molar-refractivity contribution in [1.82, 2.24) is 9.46 Å². The normalized spacial score (nSPS) is 26.9. The number of ketones is 1. The second-order valence-corrected chi connectivity index (χ2v) is 11.6. The van der Waals surface area contributed by atoms with Crippen LogP contribution in [0.25, 0.3) is 0 Å². The number of sulfonamides is 1. The smallest absolute Gasteiger partial charge is 0.214 e. The summed E-state index contributed by atoms with van der Waals surface area (Å²) in [5, 5.41) is 3.98. The predicted molar refractivity (Wildman–Crippen MR) is 116 cm³/mol. The van der Waals surface area contributed by atoms with Gasteiger partial charge in [0.05, 0.1) is 5.75 Å². The molecule has 168 valence electrons. The van der Waals surface area contributed by atoms with Gasteiger partial charge in [-0.15, -0.1) is 0 Å². The van der Waals surface area contributed by atoms with Gasteiger partial charge in [0.2, 0.25) is 10.0 Å². The number of fused-ring (bicyclic) bond motifs is 2. The fourth-order valence-electron chi connectivity index (χ4n) is 5.39. The molecule has 2 bridgehead atoms. The molecule has 6 nitrogen and oxygen atoms in total. The van der Waals surface area contributed by atoms with E-state index in [2.05, 4.69) is 12.1 Å². The molecule has 1 aromatic rings. The summed E-state index contributed by atoms with van der Waals surface area (Å²) in [7, 11) is -3.19. The van der Waals surface area contributed by atoms with E-state index >= 15 is 0 Å². The zero-order valence-corrected chi connectivity index (χ0v) is 19.0. The van der Waals surface area contributed by atoms with Gasteiger partial charge in [0, 0.05) is 30.5 Å². The van der Waals surface area contributed by atoms with Gasteiger partial charge in [0.25, 0.3) is 0 Å². The Hall–Kier alpha value is -1.21. The summed E-state index contributed by atoms with van der Waals surface area (Å²) in [6.07, 6.45) is 12.7. The second kappa shape index (κ2) is 9.51. The van der Waals surface area contributed by atoms with Crippen molar-refractivity contribution in [3.8, 4) is 0 Å². The monoisotopic (exact) mass is 436 g/mol. The Labute approximate surface area is 180 Å². The van der Waals surface area contributed by atoms with Gasteiger partial charge in [-0.2, -0.15) is 4.31 Å². The molecule has 0 radical (unpaired) electrons. The van der Waals surface area contributed by atoms with E-state index < -0.39 is 10.0 Å². The maximum absolute atomic E-state index is 13.0. The van der Waals surface area contributed by atoms with E-state index in [1.807, 2.05) is 10.4 Å². The molecule has 2 aliphatic heterocycles. The molecule has 7 heteroatoms. The van der Waals surface area contributed by atoms with E-state index in [1.165, 1.54) is 19.3 Å². The zero-order chi connectivity index (χ0) is 21.1. The lowest BCUT2D eigenvalue weighted by Gasteiger charge is -2.37. The predicted octanol–water partition coefficient (Wildman–Crippen LogP) is 5.06. The molecule has 3 fully saturated rings. The van der Waals surface area contributed by atoms with Gasteiger partial charge in [-0.25, -0.2) is 8.42 Å². The molecule has 1 aromatic heterocycles. The molecule has 0 N–H and O–H groups in total. The first-order valence-corrected chi connectivity index (χ1v) is 13.6. The number of nitrogens with zero attached hydrogens (tertiary/aromatic N) is 2. The van der Waals surface area contributed by atoms with E-state index in [1.54, 1.807) is 0 Å². The van der Waals surface area contributed by atoms with Gasteiger partial charge in [0.15, 0.2) is 5.78 Å². The van der Waals surface area contributed by atoms with E-state index in [0.717, 1.165) is 63.5 Å². The van der Waals surface area contributed by atoms with Crippen molar-refractivity contribution in [3.63, 3.8) is 0 Å². The van der Waals surface area contributed by atoms with Gasteiger partial charge in [-0.05, 0) is 50.9 Å². The zero-order valence-electron chi connectivity index (χ0n) is 18.2. The van der Waals surface area contributed by atoms with Crippen LogP contribution in [0, 0.1) is 5.92 Å². The maximum atomic E-state index is 13.0. The summed E-state index contributed by atoms with van der Waals surface area (Å²) in [5.41, 5.74) is 0.447. The lowest BCUT2D eigenvalue weighted by molar-refractivity contribution is 0.0916. The highest BCUT2D eigenvalue weighted by Gasteiger charge is 2.46. The Bertz CT molecular complexity index is 816. The Morgan fingerprint density at radius 1 is 1.07 bits per heavy atom. The minimum absolute atomic E-state index is 0.0402. The summed E-state index contributed by atoms with van der Waals surface area (Å²) in [4.78, 5) is 12.7. The highest BCUT2D eigenvalue weighted by Crippen LogP contribution is 2.43. The number of piperidine rings is 1. The number of unbranched alkanes of at least 4 members (excludes halogenated alkanes) is 5. The molecule has 0 amide bonds. The number of hydrogen-bond donors (Lipinski definition) is 0. The molecule has 30 heavy (non-hydrogen) atoms. The molecule has 0 aromatic carbocycles. The third-order valence-electron chi connectivity index (χ3n) is 7.11. The van der Waals surface area contributed by atoms with Crippen LogP contribution in [0.2, 0.25) is 0 Å². The maximum Gasteiger partial charge on any atom is 0.214 e. The van der Waals surface area contributed by atoms with Crippen LogP contribution in [0.5, 0.6) is 0 Å². The molecule has 0 spiro atoms. The minimum atomic E-state index is -3.19. The van der Waals surface area contributed by atoms with Crippen LogP contribution in [0.1, 0.15) is 113 Å². The fourth-order valence-corrected chi connectivity index (χ4v) is 7.46. The summed E-state index contributed by atoms with van der Waals surface area (Å²) >= 11 is 0. The highest BCUT2D eigenvalue weighted by atomic mass is 32.2. The molecule has 4 rings (SSSR count). The molecular formula is C23H36N2O4S. The van der Waals surface area contributed by atoms with Crippen LogP contribution < -0.4 is 0 Å². The molecule has 3 aliphatic rings. The second-order valence-electron chi connectivity index (χ2n) is 9.65. The van der Waals surface area contributed by atoms with Crippen molar-refractivity contribution in [2.75, 3.05) is 5.75 Å². The van der Waals surface area contributed by atoms with Crippen LogP contribution in [-0.2, 0) is 10.0 Å². The largest absolute Gasteiger partial charge is 0.360 e. The first-order chi connectivity index (χ1) is 14.5. The quantitative estimate of drug-likeness (QED) is 0.338. The Balaban J connectivity index is 1.27. The minimum Gasteiger partial charge on any atom is -0.360 e. The van der Waals surface area contributed by atoms with Crippen molar-refractivity contribution in [1.29, 1.82) is 0 Å². The number of aromatic nitrogens is 1. The van der Waals surface area contributed by atoms with Crippen molar-refractivity contribution in [2.24, 2.45) is 5.92 Å².